The molecule has 27 heavy (non-hydrogen) atoms. The third-order valence-corrected chi connectivity index (χ3v) is 6.32. The molecule has 0 amide bonds. The van der Waals surface area contributed by atoms with Crippen LogP contribution in [0.25, 0.3) is 43.8 Å². The van der Waals surface area contributed by atoms with E-state index in [1.54, 1.807) is 0 Å². The minimum atomic E-state index is -0.109. The van der Waals surface area contributed by atoms with E-state index in [-0.39, 0.29) is 5.41 Å². The van der Waals surface area contributed by atoms with Gasteiger partial charge in [-0.25, -0.2) is 0 Å². The Balaban J connectivity index is 1.97. The molecule has 0 saturated heterocycles. The number of hydrogen-bond donors (Lipinski definition) is 0. The van der Waals surface area contributed by atoms with Crippen molar-refractivity contribution in [1.29, 1.82) is 0 Å². The van der Waals surface area contributed by atoms with Crippen molar-refractivity contribution in [2.75, 3.05) is 0 Å². The van der Waals surface area contributed by atoms with E-state index in [4.69, 9.17) is 16.0 Å². The quantitative estimate of drug-likeness (QED) is 0.273. The minimum Gasteiger partial charge on any atom is -0.455 e. The summed E-state index contributed by atoms with van der Waals surface area (Å²) in [7, 11) is 0. The van der Waals surface area contributed by atoms with Crippen LogP contribution in [0.4, 0.5) is 0 Å². The van der Waals surface area contributed by atoms with Crippen LogP contribution < -0.4 is 0 Å². The van der Waals surface area contributed by atoms with Crippen LogP contribution in [0.5, 0.6) is 0 Å². The summed E-state index contributed by atoms with van der Waals surface area (Å²) < 4.78 is 6.45. The number of hydrogen-bond acceptors (Lipinski definition) is 1. The summed E-state index contributed by atoms with van der Waals surface area (Å²) in [4.78, 5) is 0. The van der Waals surface area contributed by atoms with Crippen molar-refractivity contribution in [2.24, 2.45) is 0 Å². The highest BCUT2D eigenvalue weighted by atomic mass is 35.5. The molecule has 0 saturated carbocycles. The summed E-state index contributed by atoms with van der Waals surface area (Å²) in [5.74, 6) is 0. The van der Waals surface area contributed by atoms with Gasteiger partial charge in [-0.1, -0.05) is 74.0 Å². The minimum absolute atomic E-state index is 0.109. The number of fused-ring (bicyclic) bond motifs is 10. The van der Waals surface area contributed by atoms with Gasteiger partial charge in [0.15, 0.2) is 0 Å². The monoisotopic (exact) mass is 368 g/mol. The van der Waals surface area contributed by atoms with Gasteiger partial charge in [0, 0.05) is 26.8 Å². The SMILES string of the molecule is CC1(C)c2ccc(Cl)cc2-c2c1c1ccccc1c1c2oc2ccccc21. The molecule has 0 N–H and O–H groups in total. The third-order valence-electron chi connectivity index (χ3n) is 6.09. The maximum atomic E-state index is 6.45. The number of furan rings is 1. The molecular formula is C25H17ClO. The predicted octanol–water partition coefficient (Wildman–Crippen LogP) is 7.70. The molecule has 0 bridgehead atoms. The molecule has 0 unspecified atom stereocenters. The van der Waals surface area contributed by atoms with E-state index in [9.17, 15) is 0 Å². The summed E-state index contributed by atoms with van der Waals surface area (Å²) in [6.07, 6.45) is 0. The lowest BCUT2D eigenvalue weighted by Crippen LogP contribution is -2.15. The molecule has 6 rings (SSSR count). The van der Waals surface area contributed by atoms with Crippen LogP contribution in [0.2, 0.25) is 5.02 Å². The summed E-state index contributed by atoms with van der Waals surface area (Å²) >= 11 is 6.40. The highest BCUT2D eigenvalue weighted by Crippen LogP contribution is 2.56. The Bertz CT molecular complexity index is 1400. The Morgan fingerprint density at radius 3 is 2.33 bits per heavy atom. The van der Waals surface area contributed by atoms with Gasteiger partial charge in [0.2, 0.25) is 0 Å². The molecule has 2 heteroatoms. The van der Waals surface area contributed by atoms with Crippen molar-refractivity contribution in [3.05, 3.63) is 82.9 Å². The van der Waals surface area contributed by atoms with E-state index in [0.29, 0.717) is 0 Å². The Kier molecular flexibility index (Phi) is 2.80. The average Bonchev–Trinajstić information content (AvgIpc) is 3.15. The molecule has 4 aromatic carbocycles. The maximum absolute atomic E-state index is 6.45. The van der Waals surface area contributed by atoms with Gasteiger partial charge in [-0.05, 0) is 45.7 Å². The molecule has 1 heterocycles. The van der Waals surface area contributed by atoms with Crippen molar-refractivity contribution < 1.29 is 4.42 Å². The van der Waals surface area contributed by atoms with Crippen LogP contribution in [-0.4, -0.2) is 0 Å². The standard InChI is InChI=1S/C25H17ClO/c1-25(2)19-12-11-14(26)13-18(19)22-23(25)16-8-4-3-7-15(16)21-17-9-5-6-10-20(17)27-24(21)22/h3-13H,1-2H3. The van der Waals surface area contributed by atoms with Crippen LogP contribution in [-0.2, 0) is 5.41 Å². The second-order valence-corrected chi connectivity index (χ2v) is 8.35. The normalized spacial score (nSPS) is 14.8. The van der Waals surface area contributed by atoms with Gasteiger partial charge in [0.05, 0.1) is 0 Å². The molecule has 0 atom stereocenters. The molecular weight excluding hydrogens is 352 g/mol. The molecule has 0 aliphatic heterocycles. The van der Waals surface area contributed by atoms with E-state index in [0.717, 1.165) is 16.2 Å². The van der Waals surface area contributed by atoms with Crippen molar-refractivity contribution in [1.82, 2.24) is 0 Å². The van der Waals surface area contributed by atoms with Gasteiger partial charge in [-0.15, -0.1) is 0 Å². The first-order valence-corrected chi connectivity index (χ1v) is 9.62. The van der Waals surface area contributed by atoms with Gasteiger partial charge < -0.3 is 4.42 Å². The van der Waals surface area contributed by atoms with Crippen LogP contribution in [0.1, 0.15) is 25.0 Å². The topological polar surface area (TPSA) is 13.1 Å². The fourth-order valence-electron chi connectivity index (χ4n) is 4.97. The highest BCUT2D eigenvalue weighted by molar-refractivity contribution is 6.31. The zero-order valence-corrected chi connectivity index (χ0v) is 15.9. The first kappa shape index (κ1) is 15.3. The van der Waals surface area contributed by atoms with Crippen molar-refractivity contribution in [3.8, 4) is 11.1 Å². The predicted molar refractivity (Wildman–Crippen MR) is 114 cm³/mol. The molecule has 1 aliphatic rings. The first-order valence-electron chi connectivity index (χ1n) is 9.24. The Labute approximate surface area is 162 Å². The third kappa shape index (κ3) is 1.80. The molecule has 0 radical (unpaired) electrons. The molecule has 0 spiro atoms. The van der Waals surface area contributed by atoms with Gasteiger partial charge >= 0.3 is 0 Å². The fraction of sp³-hybridized carbons (Fsp3) is 0.120. The van der Waals surface area contributed by atoms with Crippen molar-refractivity contribution in [3.63, 3.8) is 0 Å². The van der Waals surface area contributed by atoms with E-state index in [2.05, 4.69) is 68.4 Å². The number of para-hydroxylation sites is 1. The number of benzene rings is 4. The summed E-state index contributed by atoms with van der Waals surface area (Å²) in [5, 5.41) is 5.67. The van der Waals surface area contributed by atoms with Crippen molar-refractivity contribution in [2.45, 2.75) is 19.3 Å². The van der Waals surface area contributed by atoms with Crippen LogP contribution in [0.15, 0.2) is 71.1 Å². The molecule has 0 fully saturated rings. The second-order valence-electron chi connectivity index (χ2n) is 7.91. The smallest absolute Gasteiger partial charge is 0.144 e. The molecule has 1 aliphatic carbocycles. The van der Waals surface area contributed by atoms with E-state index in [1.807, 2.05) is 12.1 Å². The van der Waals surface area contributed by atoms with Gasteiger partial charge in [0.25, 0.3) is 0 Å². The average molecular weight is 369 g/mol. The lowest BCUT2D eigenvalue weighted by molar-refractivity contribution is 0.657. The molecule has 5 aromatic rings. The van der Waals surface area contributed by atoms with E-state index >= 15 is 0 Å². The summed E-state index contributed by atoms with van der Waals surface area (Å²) in [6, 6.07) is 23.3. The molecule has 1 nitrogen and oxygen atoms in total. The Hall–Kier alpha value is -2.77. The van der Waals surface area contributed by atoms with Crippen LogP contribution >= 0.6 is 11.6 Å². The lowest BCUT2D eigenvalue weighted by Gasteiger charge is -2.23. The van der Waals surface area contributed by atoms with Crippen LogP contribution in [0, 0.1) is 0 Å². The first-order chi connectivity index (χ1) is 13.1. The van der Waals surface area contributed by atoms with Crippen molar-refractivity contribution >= 4 is 44.3 Å². The van der Waals surface area contributed by atoms with Gasteiger partial charge in [0.1, 0.15) is 11.2 Å². The Morgan fingerprint density at radius 2 is 1.52 bits per heavy atom. The zero-order chi connectivity index (χ0) is 18.3. The summed E-state index contributed by atoms with van der Waals surface area (Å²) in [6.45, 7) is 4.60. The van der Waals surface area contributed by atoms with E-state index in [1.165, 1.54) is 43.8 Å². The highest BCUT2D eigenvalue weighted by Gasteiger charge is 2.39. The van der Waals surface area contributed by atoms with Crippen LogP contribution in [0.3, 0.4) is 0 Å². The fourth-order valence-corrected chi connectivity index (χ4v) is 5.14. The lowest BCUT2D eigenvalue weighted by atomic mass is 9.79. The molecule has 130 valence electrons. The molecule has 1 aromatic heterocycles. The largest absolute Gasteiger partial charge is 0.455 e. The van der Waals surface area contributed by atoms with Gasteiger partial charge in [-0.3, -0.25) is 0 Å². The maximum Gasteiger partial charge on any atom is 0.144 e. The van der Waals surface area contributed by atoms with Gasteiger partial charge in [-0.2, -0.15) is 0 Å². The second kappa shape index (κ2) is 4.94. The number of rotatable bonds is 0. The zero-order valence-electron chi connectivity index (χ0n) is 15.1. The number of halogens is 1. The van der Waals surface area contributed by atoms with E-state index < -0.39 is 0 Å². The summed E-state index contributed by atoms with van der Waals surface area (Å²) in [5.41, 5.74) is 6.82. The Morgan fingerprint density at radius 1 is 0.815 bits per heavy atom.